The average molecular weight is 223 g/mol. The summed E-state index contributed by atoms with van der Waals surface area (Å²) in [5.41, 5.74) is 3.45. The lowest BCUT2D eigenvalue weighted by Crippen LogP contribution is -1.92. The molecule has 1 aromatic carbocycles. The van der Waals surface area contributed by atoms with Crippen LogP contribution < -0.4 is 0 Å². The molecule has 1 aliphatic rings. The molecule has 0 radical (unpaired) electrons. The van der Waals surface area contributed by atoms with Crippen LogP contribution in [-0.2, 0) is 22.7 Å². The number of allylic oxidation sites excluding steroid dienone is 1. The highest BCUT2D eigenvalue weighted by atomic mass is 35.5. The molecule has 0 saturated carbocycles. The Morgan fingerprint density at radius 1 is 1.40 bits per heavy atom. The number of hydrogen-bond donors (Lipinski definition) is 0. The minimum absolute atomic E-state index is 0.0323. The number of fused-ring (bicyclic) bond motifs is 1. The van der Waals surface area contributed by atoms with E-state index in [1.165, 1.54) is 17.2 Å². The van der Waals surface area contributed by atoms with Crippen molar-refractivity contribution in [2.24, 2.45) is 0 Å². The highest BCUT2D eigenvalue weighted by Gasteiger charge is 2.10. The van der Waals surface area contributed by atoms with E-state index in [9.17, 15) is 4.79 Å². The second-order valence-corrected chi connectivity index (χ2v) is 3.72. The lowest BCUT2D eigenvalue weighted by Gasteiger charge is -1.98. The van der Waals surface area contributed by atoms with Crippen LogP contribution in [0, 0.1) is 0 Å². The summed E-state index contributed by atoms with van der Waals surface area (Å²) in [6.07, 6.45) is 3.29. The van der Waals surface area contributed by atoms with E-state index in [0.717, 1.165) is 5.56 Å². The van der Waals surface area contributed by atoms with Crippen LogP contribution in [0.4, 0.5) is 0 Å². The van der Waals surface area contributed by atoms with Crippen LogP contribution in [0.15, 0.2) is 24.3 Å². The molecule has 0 fully saturated rings. The van der Waals surface area contributed by atoms with Crippen molar-refractivity contribution in [1.29, 1.82) is 0 Å². The highest BCUT2D eigenvalue weighted by Crippen LogP contribution is 2.21. The fourth-order valence-corrected chi connectivity index (χ4v) is 1.62. The van der Waals surface area contributed by atoms with Gasteiger partial charge < -0.3 is 4.74 Å². The van der Waals surface area contributed by atoms with Crippen LogP contribution in [0.2, 0.25) is 0 Å². The molecule has 2 nitrogen and oxygen atoms in total. The molecular formula is C12H11ClO2. The maximum Gasteiger partial charge on any atom is 0.170 e. The maximum absolute atomic E-state index is 11.0. The topological polar surface area (TPSA) is 26.3 Å². The molecule has 0 amide bonds. The first-order valence-electron chi connectivity index (χ1n) is 4.76. The smallest absolute Gasteiger partial charge is 0.170 e. The predicted octanol–water partition coefficient (Wildman–Crippen LogP) is 2.54. The molecule has 1 aromatic rings. The maximum atomic E-state index is 11.0. The minimum atomic E-state index is -0.0755. The Labute approximate surface area is 93.5 Å². The van der Waals surface area contributed by atoms with Crippen molar-refractivity contribution in [3.8, 4) is 0 Å². The van der Waals surface area contributed by atoms with E-state index in [1.54, 1.807) is 6.08 Å². The molecule has 0 saturated heterocycles. The fourth-order valence-electron chi connectivity index (χ4n) is 1.53. The second kappa shape index (κ2) is 4.60. The van der Waals surface area contributed by atoms with E-state index in [2.05, 4.69) is 0 Å². The molecule has 0 atom stereocenters. The van der Waals surface area contributed by atoms with Crippen LogP contribution in [0.3, 0.4) is 0 Å². The van der Waals surface area contributed by atoms with Gasteiger partial charge in [-0.05, 0) is 28.8 Å². The molecule has 0 unspecified atom stereocenters. The Bertz CT molecular complexity index is 410. The number of ketones is 1. The average Bonchev–Trinajstić information content (AvgIpc) is 2.72. The van der Waals surface area contributed by atoms with Gasteiger partial charge in [0.25, 0.3) is 0 Å². The zero-order valence-corrected chi connectivity index (χ0v) is 8.96. The molecule has 0 spiro atoms. The Kier molecular flexibility index (Phi) is 3.19. The third-order valence-electron chi connectivity index (χ3n) is 2.34. The SMILES string of the molecule is O=C(C=Cc1ccc2c(c1)COC2)CCl. The summed E-state index contributed by atoms with van der Waals surface area (Å²) in [5.74, 6) is -0.0432. The first kappa shape index (κ1) is 10.4. The first-order chi connectivity index (χ1) is 7.29. The van der Waals surface area contributed by atoms with Crippen LogP contribution in [0.25, 0.3) is 6.08 Å². The number of rotatable bonds is 3. The second-order valence-electron chi connectivity index (χ2n) is 3.45. The zero-order chi connectivity index (χ0) is 10.7. The van der Waals surface area contributed by atoms with Crippen molar-refractivity contribution in [3.05, 3.63) is 41.0 Å². The van der Waals surface area contributed by atoms with Crippen LogP contribution >= 0.6 is 11.6 Å². The Balaban J connectivity index is 2.16. The first-order valence-corrected chi connectivity index (χ1v) is 5.29. The van der Waals surface area contributed by atoms with Gasteiger partial charge in [0, 0.05) is 0 Å². The quantitative estimate of drug-likeness (QED) is 0.580. The van der Waals surface area contributed by atoms with Gasteiger partial charge in [-0.1, -0.05) is 18.2 Å². The highest BCUT2D eigenvalue weighted by molar-refractivity contribution is 6.29. The Hall–Kier alpha value is -1.12. The standard InChI is InChI=1S/C12H11ClO2/c13-6-12(14)4-2-9-1-3-10-7-15-8-11(10)5-9/h1-5H,6-8H2. The van der Waals surface area contributed by atoms with Crippen LogP contribution in [0.1, 0.15) is 16.7 Å². The number of carbonyl (C=O) groups excluding carboxylic acids is 1. The van der Waals surface area contributed by atoms with E-state index in [1.807, 2.05) is 18.2 Å². The summed E-state index contributed by atoms with van der Waals surface area (Å²) in [4.78, 5) is 11.0. The van der Waals surface area contributed by atoms with Gasteiger partial charge in [-0.2, -0.15) is 0 Å². The van der Waals surface area contributed by atoms with E-state index in [4.69, 9.17) is 16.3 Å². The van der Waals surface area contributed by atoms with Gasteiger partial charge in [0.1, 0.15) is 0 Å². The Morgan fingerprint density at radius 3 is 3.00 bits per heavy atom. The summed E-state index contributed by atoms with van der Waals surface area (Å²) in [7, 11) is 0. The molecule has 0 bridgehead atoms. The van der Waals surface area contributed by atoms with Crippen LogP contribution in [-0.4, -0.2) is 11.7 Å². The van der Waals surface area contributed by atoms with Gasteiger partial charge in [0.15, 0.2) is 5.78 Å². The minimum Gasteiger partial charge on any atom is -0.372 e. The third kappa shape index (κ3) is 2.46. The molecule has 0 aromatic heterocycles. The van der Waals surface area contributed by atoms with Gasteiger partial charge in [-0.15, -0.1) is 11.6 Å². The van der Waals surface area contributed by atoms with Crippen molar-refractivity contribution in [2.45, 2.75) is 13.2 Å². The summed E-state index contributed by atoms with van der Waals surface area (Å²) >= 11 is 5.39. The van der Waals surface area contributed by atoms with Gasteiger partial charge in [0.2, 0.25) is 0 Å². The molecule has 15 heavy (non-hydrogen) atoms. The van der Waals surface area contributed by atoms with Gasteiger partial charge in [-0.3, -0.25) is 4.79 Å². The number of alkyl halides is 1. The number of benzene rings is 1. The molecular weight excluding hydrogens is 212 g/mol. The van der Waals surface area contributed by atoms with Gasteiger partial charge in [-0.25, -0.2) is 0 Å². The molecule has 1 aliphatic heterocycles. The van der Waals surface area contributed by atoms with Gasteiger partial charge in [0.05, 0.1) is 19.1 Å². The van der Waals surface area contributed by atoms with Crippen molar-refractivity contribution < 1.29 is 9.53 Å². The molecule has 0 aliphatic carbocycles. The molecule has 3 heteroatoms. The van der Waals surface area contributed by atoms with Crippen LogP contribution in [0.5, 0.6) is 0 Å². The lowest BCUT2D eigenvalue weighted by atomic mass is 10.1. The molecule has 2 rings (SSSR count). The monoisotopic (exact) mass is 222 g/mol. The van der Waals surface area contributed by atoms with Gasteiger partial charge >= 0.3 is 0 Å². The summed E-state index contributed by atoms with van der Waals surface area (Å²) < 4.78 is 5.30. The van der Waals surface area contributed by atoms with E-state index in [0.29, 0.717) is 13.2 Å². The lowest BCUT2D eigenvalue weighted by molar-refractivity contribution is -0.112. The van der Waals surface area contributed by atoms with E-state index >= 15 is 0 Å². The third-order valence-corrected chi connectivity index (χ3v) is 2.60. The number of hydrogen-bond acceptors (Lipinski definition) is 2. The fraction of sp³-hybridized carbons (Fsp3) is 0.250. The number of carbonyl (C=O) groups is 1. The normalized spacial score (nSPS) is 14.5. The summed E-state index contributed by atoms with van der Waals surface area (Å²) in [5, 5.41) is 0. The van der Waals surface area contributed by atoms with Crippen molar-refractivity contribution in [1.82, 2.24) is 0 Å². The largest absolute Gasteiger partial charge is 0.372 e. The van der Waals surface area contributed by atoms with Crippen molar-refractivity contribution in [2.75, 3.05) is 5.88 Å². The predicted molar refractivity (Wildman–Crippen MR) is 59.7 cm³/mol. The number of halogens is 1. The van der Waals surface area contributed by atoms with Crippen molar-refractivity contribution in [3.63, 3.8) is 0 Å². The van der Waals surface area contributed by atoms with E-state index < -0.39 is 0 Å². The number of ether oxygens (including phenoxy) is 1. The summed E-state index contributed by atoms with van der Waals surface area (Å²) in [6.45, 7) is 1.36. The Morgan fingerprint density at radius 2 is 2.20 bits per heavy atom. The summed E-state index contributed by atoms with van der Waals surface area (Å²) in [6, 6.07) is 6.05. The zero-order valence-electron chi connectivity index (χ0n) is 8.20. The van der Waals surface area contributed by atoms with E-state index in [-0.39, 0.29) is 11.7 Å². The molecule has 1 heterocycles. The molecule has 78 valence electrons. The molecule has 0 N–H and O–H groups in total. The van der Waals surface area contributed by atoms with Crippen molar-refractivity contribution >= 4 is 23.5 Å².